The summed E-state index contributed by atoms with van der Waals surface area (Å²) < 4.78 is 6.16. The molecule has 2 heterocycles. The van der Waals surface area contributed by atoms with Crippen LogP contribution in [0.5, 0.6) is 0 Å². The molecule has 0 aliphatic carbocycles. The van der Waals surface area contributed by atoms with Crippen LogP contribution in [-0.2, 0) is 23.2 Å². The van der Waals surface area contributed by atoms with Crippen LogP contribution in [0, 0.1) is 0 Å². The molecule has 132 valence electrons. The zero-order valence-electron chi connectivity index (χ0n) is 15.0. The van der Waals surface area contributed by atoms with Crippen LogP contribution in [0.2, 0.25) is 0 Å². The van der Waals surface area contributed by atoms with Crippen molar-refractivity contribution in [2.24, 2.45) is 0 Å². The lowest BCUT2D eigenvalue weighted by Gasteiger charge is -2.36. The van der Waals surface area contributed by atoms with Crippen molar-refractivity contribution in [2.45, 2.75) is 58.0 Å². The van der Waals surface area contributed by atoms with Gasteiger partial charge in [0.15, 0.2) is 0 Å². The van der Waals surface area contributed by atoms with Crippen molar-refractivity contribution < 1.29 is 14.9 Å². The lowest BCUT2D eigenvalue weighted by atomic mass is 9.86. The van der Waals surface area contributed by atoms with Crippen LogP contribution in [0.25, 0.3) is 10.9 Å². The van der Waals surface area contributed by atoms with Crippen molar-refractivity contribution in [3.8, 4) is 0 Å². The molecule has 4 heteroatoms. The number of aliphatic hydroxyl groups excluding tert-OH is 2. The molecule has 1 unspecified atom stereocenters. The second-order valence-corrected chi connectivity index (χ2v) is 7.13. The second kappa shape index (κ2) is 6.87. The lowest BCUT2D eigenvalue weighted by Crippen LogP contribution is -2.36. The van der Waals surface area contributed by atoms with E-state index in [4.69, 9.17) is 4.74 Å². The van der Waals surface area contributed by atoms with E-state index in [9.17, 15) is 10.2 Å². The zero-order valence-corrected chi connectivity index (χ0v) is 15.0. The van der Waals surface area contributed by atoms with Gasteiger partial charge in [0.1, 0.15) is 5.60 Å². The van der Waals surface area contributed by atoms with Crippen LogP contribution in [-0.4, -0.2) is 35.0 Å². The summed E-state index contributed by atoms with van der Waals surface area (Å²) in [6.07, 6.45) is 3.03. The smallest absolute Gasteiger partial charge is 0.110 e. The number of H-pyrrole nitrogens is 1. The Kier molecular flexibility index (Phi) is 5.00. The van der Waals surface area contributed by atoms with Crippen LogP contribution in [0.3, 0.4) is 0 Å². The third-order valence-electron chi connectivity index (χ3n) is 5.40. The van der Waals surface area contributed by atoms with E-state index in [1.54, 1.807) is 0 Å². The van der Waals surface area contributed by atoms with Crippen molar-refractivity contribution in [3.63, 3.8) is 0 Å². The van der Waals surface area contributed by atoms with Crippen LogP contribution in [0.1, 0.15) is 61.9 Å². The van der Waals surface area contributed by atoms with Gasteiger partial charge in [-0.25, -0.2) is 0 Å². The summed E-state index contributed by atoms with van der Waals surface area (Å²) >= 11 is 0. The van der Waals surface area contributed by atoms with Gasteiger partial charge in [-0.15, -0.1) is 0 Å². The van der Waals surface area contributed by atoms with E-state index in [1.807, 2.05) is 0 Å². The summed E-state index contributed by atoms with van der Waals surface area (Å²) in [6.45, 7) is 7.51. The maximum Gasteiger partial charge on any atom is 0.110 e. The number of ether oxygens (including phenoxy) is 1. The number of nitrogens with one attached hydrogen (secondary N) is 1. The monoisotopic (exact) mass is 331 g/mol. The molecule has 1 aromatic carbocycles. The first kappa shape index (κ1) is 17.5. The molecule has 2 aromatic rings. The average molecular weight is 331 g/mol. The SMILES string of the molecule is CCC1(CCO)OCCc2c1[nH]c1c(C(C)C)cc(CCO)cc21. The van der Waals surface area contributed by atoms with Gasteiger partial charge in [0, 0.05) is 30.5 Å². The summed E-state index contributed by atoms with van der Waals surface area (Å²) in [5.41, 5.74) is 5.73. The predicted molar refractivity (Wildman–Crippen MR) is 96.5 cm³/mol. The maximum atomic E-state index is 9.55. The van der Waals surface area contributed by atoms with E-state index in [-0.39, 0.29) is 13.2 Å². The summed E-state index contributed by atoms with van der Waals surface area (Å²) in [5, 5.41) is 20.2. The molecular formula is C20H29NO3. The fourth-order valence-corrected chi connectivity index (χ4v) is 4.07. The summed E-state index contributed by atoms with van der Waals surface area (Å²) in [6, 6.07) is 4.43. The highest BCUT2D eigenvalue weighted by atomic mass is 16.5. The normalized spacial score (nSPS) is 20.8. The first-order valence-corrected chi connectivity index (χ1v) is 9.09. The molecule has 0 bridgehead atoms. The van der Waals surface area contributed by atoms with Crippen molar-refractivity contribution in [3.05, 3.63) is 34.5 Å². The number of aromatic nitrogens is 1. The van der Waals surface area contributed by atoms with Crippen molar-refractivity contribution in [1.82, 2.24) is 4.98 Å². The Hall–Kier alpha value is -1.36. The van der Waals surface area contributed by atoms with Gasteiger partial charge >= 0.3 is 0 Å². The molecule has 3 N–H and O–H groups in total. The Bertz CT molecular complexity index is 719. The van der Waals surface area contributed by atoms with Crippen molar-refractivity contribution in [1.29, 1.82) is 0 Å². The molecule has 1 aliphatic heterocycles. The van der Waals surface area contributed by atoms with E-state index in [2.05, 4.69) is 37.9 Å². The highest BCUT2D eigenvalue weighted by Crippen LogP contribution is 2.43. The Balaban J connectivity index is 2.25. The molecule has 1 atom stereocenters. The summed E-state index contributed by atoms with van der Waals surface area (Å²) in [5.74, 6) is 0.404. The predicted octanol–water partition coefficient (Wildman–Crippen LogP) is 3.39. The molecule has 0 spiro atoms. The summed E-state index contributed by atoms with van der Waals surface area (Å²) in [4.78, 5) is 3.66. The molecule has 0 radical (unpaired) electrons. The molecule has 4 nitrogen and oxygen atoms in total. The van der Waals surface area contributed by atoms with Crippen LogP contribution < -0.4 is 0 Å². The van der Waals surface area contributed by atoms with Crippen LogP contribution >= 0.6 is 0 Å². The molecule has 3 rings (SSSR count). The van der Waals surface area contributed by atoms with Gasteiger partial charge in [0.05, 0.1) is 12.3 Å². The van der Waals surface area contributed by atoms with E-state index in [0.29, 0.717) is 25.4 Å². The number of hydrogen-bond acceptors (Lipinski definition) is 3. The molecule has 24 heavy (non-hydrogen) atoms. The maximum absolute atomic E-state index is 9.55. The molecule has 0 saturated heterocycles. The van der Waals surface area contributed by atoms with Gasteiger partial charge in [0.25, 0.3) is 0 Å². The number of fused-ring (bicyclic) bond motifs is 3. The van der Waals surface area contributed by atoms with E-state index in [0.717, 1.165) is 18.5 Å². The first-order chi connectivity index (χ1) is 11.6. The third-order valence-corrected chi connectivity index (χ3v) is 5.40. The second-order valence-electron chi connectivity index (χ2n) is 7.13. The topological polar surface area (TPSA) is 65.5 Å². The van der Waals surface area contributed by atoms with E-state index < -0.39 is 5.60 Å². The fourth-order valence-electron chi connectivity index (χ4n) is 4.07. The minimum atomic E-state index is -0.410. The number of benzene rings is 1. The quantitative estimate of drug-likeness (QED) is 0.760. The Labute approximate surface area is 143 Å². The van der Waals surface area contributed by atoms with E-state index in [1.165, 1.54) is 27.6 Å². The van der Waals surface area contributed by atoms with Gasteiger partial charge < -0.3 is 19.9 Å². The highest BCUT2D eigenvalue weighted by Gasteiger charge is 2.38. The van der Waals surface area contributed by atoms with Gasteiger partial charge in [0.2, 0.25) is 0 Å². The average Bonchev–Trinajstić information content (AvgIpc) is 2.94. The lowest BCUT2D eigenvalue weighted by molar-refractivity contribution is -0.0795. The Morgan fingerprint density at radius 3 is 2.67 bits per heavy atom. The standard InChI is InChI=1S/C20H29NO3/c1-4-20(7-9-23)19-15(6-10-24-20)17-12-14(5-8-22)11-16(13(2)3)18(17)21-19/h11-13,21-23H,4-10H2,1-3H3. The summed E-state index contributed by atoms with van der Waals surface area (Å²) in [7, 11) is 0. The molecule has 0 fully saturated rings. The van der Waals surface area contributed by atoms with Crippen molar-refractivity contribution in [2.75, 3.05) is 19.8 Å². The largest absolute Gasteiger partial charge is 0.396 e. The number of aromatic amines is 1. The fraction of sp³-hybridized carbons (Fsp3) is 0.600. The highest BCUT2D eigenvalue weighted by molar-refractivity contribution is 5.89. The van der Waals surface area contributed by atoms with Gasteiger partial charge in [-0.3, -0.25) is 0 Å². The molecular weight excluding hydrogens is 302 g/mol. The Morgan fingerprint density at radius 2 is 2.04 bits per heavy atom. The molecule has 0 saturated carbocycles. The van der Waals surface area contributed by atoms with Gasteiger partial charge in [-0.1, -0.05) is 26.8 Å². The minimum absolute atomic E-state index is 0.120. The van der Waals surface area contributed by atoms with Gasteiger partial charge in [-0.05, 0) is 47.9 Å². The number of hydrogen-bond donors (Lipinski definition) is 3. The zero-order chi connectivity index (χ0) is 17.3. The molecule has 1 aliphatic rings. The minimum Gasteiger partial charge on any atom is -0.396 e. The van der Waals surface area contributed by atoms with Crippen molar-refractivity contribution >= 4 is 10.9 Å². The first-order valence-electron chi connectivity index (χ1n) is 9.09. The number of aliphatic hydroxyl groups is 2. The van der Waals surface area contributed by atoms with Crippen LogP contribution in [0.15, 0.2) is 12.1 Å². The van der Waals surface area contributed by atoms with Gasteiger partial charge in [-0.2, -0.15) is 0 Å². The molecule has 1 aromatic heterocycles. The van der Waals surface area contributed by atoms with Crippen LogP contribution in [0.4, 0.5) is 0 Å². The Morgan fingerprint density at radius 1 is 1.25 bits per heavy atom. The third kappa shape index (κ3) is 2.77. The number of rotatable bonds is 6. The molecule has 0 amide bonds. The van der Waals surface area contributed by atoms with E-state index >= 15 is 0 Å².